The molecule has 1 aromatic carbocycles. The number of amides is 1. The molecule has 0 bridgehead atoms. The molecule has 1 aliphatic rings. The maximum atomic E-state index is 11.9. The van der Waals surface area contributed by atoms with E-state index in [0.29, 0.717) is 17.4 Å². The first-order chi connectivity index (χ1) is 8.79. The number of benzene rings is 1. The minimum Gasteiger partial charge on any atom is -0.351 e. The van der Waals surface area contributed by atoms with Crippen LogP contribution in [-0.2, 0) is 6.54 Å². The summed E-state index contributed by atoms with van der Waals surface area (Å²) in [6.45, 7) is 1.27. The molecular weight excluding hydrogens is 264 g/mol. The average molecular weight is 282 g/mol. The summed E-state index contributed by atoms with van der Waals surface area (Å²) < 4.78 is 0. The number of rotatable bonds is 4. The molecule has 1 atom stereocenters. The van der Waals surface area contributed by atoms with Crippen LogP contribution < -0.4 is 11.1 Å². The van der Waals surface area contributed by atoms with E-state index in [4.69, 9.17) is 5.73 Å². The average Bonchev–Trinajstić information content (AvgIpc) is 2.46. The standard InChI is InChI=1S/C13H18N2OS2/c14-7-10-1-3-11(4-2-10)13(16)15-8-12-9-17-5-6-18-12/h1-4,12H,5-9,14H2,(H,15,16). The molecule has 2 rings (SSSR count). The van der Waals surface area contributed by atoms with Crippen molar-refractivity contribution in [3.8, 4) is 0 Å². The van der Waals surface area contributed by atoms with Crippen LogP contribution in [0.5, 0.6) is 0 Å². The van der Waals surface area contributed by atoms with Gasteiger partial charge in [-0.1, -0.05) is 12.1 Å². The van der Waals surface area contributed by atoms with Gasteiger partial charge in [0.1, 0.15) is 0 Å². The molecule has 0 spiro atoms. The molecule has 98 valence electrons. The van der Waals surface area contributed by atoms with Crippen molar-refractivity contribution in [2.45, 2.75) is 11.8 Å². The van der Waals surface area contributed by atoms with Crippen molar-refractivity contribution in [2.75, 3.05) is 23.8 Å². The van der Waals surface area contributed by atoms with Crippen molar-refractivity contribution in [1.82, 2.24) is 5.32 Å². The van der Waals surface area contributed by atoms with Gasteiger partial charge in [0.05, 0.1) is 0 Å². The lowest BCUT2D eigenvalue weighted by Crippen LogP contribution is -2.33. The second-order valence-electron chi connectivity index (χ2n) is 4.18. The first-order valence-electron chi connectivity index (χ1n) is 6.06. The van der Waals surface area contributed by atoms with Gasteiger partial charge in [0, 0.05) is 41.2 Å². The largest absolute Gasteiger partial charge is 0.351 e. The van der Waals surface area contributed by atoms with Crippen LogP contribution in [0, 0.1) is 0 Å². The summed E-state index contributed by atoms with van der Waals surface area (Å²) in [5.74, 6) is 3.57. The topological polar surface area (TPSA) is 55.1 Å². The lowest BCUT2D eigenvalue weighted by molar-refractivity contribution is 0.0954. The van der Waals surface area contributed by atoms with Crippen LogP contribution in [0.15, 0.2) is 24.3 Å². The molecule has 1 fully saturated rings. The van der Waals surface area contributed by atoms with Gasteiger partial charge in [-0.15, -0.1) is 0 Å². The quantitative estimate of drug-likeness (QED) is 0.883. The van der Waals surface area contributed by atoms with Gasteiger partial charge in [0.25, 0.3) is 5.91 Å². The molecule has 1 heterocycles. The second kappa shape index (κ2) is 7.07. The Balaban J connectivity index is 1.82. The Morgan fingerprint density at radius 2 is 2.11 bits per heavy atom. The fourth-order valence-corrected chi connectivity index (χ4v) is 4.37. The zero-order valence-electron chi connectivity index (χ0n) is 10.2. The molecule has 0 saturated carbocycles. The third kappa shape index (κ3) is 3.93. The van der Waals surface area contributed by atoms with Crippen molar-refractivity contribution in [2.24, 2.45) is 5.73 Å². The summed E-state index contributed by atoms with van der Waals surface area (Å²) in [4.78, 5) is 11.9. The molecular formula is C13H18N2OS2. The smallest absolute Gasteiger partial charge is 0.251 e. The predicted molar refractivity (Wildman–Crippen MR) is 80.2 cm³/mol. The Kier molecular flexibility index (Phi) is 5.41. The van der Waals surface area contributed by atoms with E-state index < -0.39 is 0 Å². The van der Waals surface area contributed by atoms with E-state index in [1.807, 2.05) is 47.8 Å². The van der Waals surface area contributed by atoms with Crippen LogP contribution in [0.25, 0.3) is 0 Å². The van der Waals surface area contributed by atoms with Crippen LogP contribution >= 0.6 is 23.5 Å². The molecule has 1 aliphatic heterocycles. The van der Waals surface area contributed by atoms with Crippen LogP contribution in [0.3, 0.4) is 0 Å². The summed E-state index contributed by atoms with van der Waals surface area (Å²) in [5, 5.41) is 3.55. The van der Waals surface area contributed by atoms with Crippen molar-refractivity contribution < 1.29 is 4.79 Å². The van der Waals surface area contributed by atoms with E-state index >= 15 is 0 Å². The molecule has 0 aliphatic carbocycles. The Morgan fingerprint density at radius 3 is 2.72 bits per heavy atom. The van der Waals surface area contributed by atoms with E-state index in [2.05, 4.69) is 5.32 Å². The maximum absolute atomic E-state index is 11.9. The van der Waals surface area contributed by atoms with Gasteiger partial charge in [-0.2, -0.15) is 23.5 Å². The summed E-state index contributed by atoms with van der Waals surface area (Å²) in [5.41, 5.74) is 7.28. The lowest BCUT2D eigenvalue weighted by atomic mass is 10.1. The van der Waals surface area contributed by atoms with E-state index in [0.717, 1.165) is 17.9 Å². The van der Waals surface area contributed by atoms with Crippen molar-refractivity contribution >= 4 is 29.4 Å². The molecule has 1 amide bonds. The zero-order valence-corrected chi connectivity index (χ0v) is 11.9. The number of thioether (sulfide) groups is 2. The maximum Gasteiger partial charge on any atom is 0.251 e. The number of carbonyl (C=O) groups excluding carboxylic acids is 1. The molecule has 3 N–H and O–H groups in total. The SMILES string of the molecule is NCc1ccc(C(=O)NCC2CSCCS2)cc1. The van der Waals surface area contributed by atoms with Crippen LogP contribution in [0.1, 0.15) is 15.9 Å². The highest BCUT2D eigenvalue weighted by Crippen LogP contribution is 2.23. The van der Waals surface area contributed by atoms with E-state index in [-0.39, 0.29) is 5.91 Å². The number of hydrogen-bond donors (Lipinski definition) is 2. The first-order valence-corrected chi connectivity index (χ1v) is 8.26. The van der Waals surface area contributed by atoms with Crippen molar-refractivity contribution in [1.29, 1.82) is 0 Å². The highest BCUT2D eigenvalue weighted by molar-refractivity contribution is 8.06. The Hall–Kier alpha value is -0.650. The molecule has 0 radical (unpaired) electrons. The third-order valence-corrected chi connectivity index (χ3v) is 5.67. The Morgan fingerprint density at radius 1 is 1.33 bits per heavy atom. The van der Waals surface area contributed by atoms with Crippen molar-refractivity contribution in [3.05, 3.63) is 35.4 Å². The highest BCUT2D eigenvalue weighted by Gasteiger charge is 2.15. The van der Waals surface area contributed by atoms with Gasteiger partial charge < -0.3 is 11.1 Å². The number of carbonyl (C=O) groups is 1. The fraction of sp³-hybridized carbons (Fsp3) is 0.462. The molecule has 18 heavy (non-hydrogen) atoms. The van der Waals surface area contributed by atoms with Gasteiger partial charge in [0.15, 0.2) is 0 Å². The minimum atomic E-state index is 0.00902. The van der Waals surface area contributed by atoms with E-state index in [1.165, 1.54) is 11.5 Å². The summed E-state index contributed by atoms with van der Waals surface area (Å²) >= 11 is 3.92. The fourth-order valence-electron chi connectivity index (χ4n) is 1.76. The molecule has 5 heteroatoms. The zero-order chi connectivity index (χ0) is 12.8. The Labute approximate surface area is 116 Å². The van der Waals surface area contributed by atoms with Gasteiger partial charge in [0.2, 0.25) is 0 Å². The third-order valence-electron chi connectivity index (χ3n) is 2.83. The molecule has 0 aromatic heterocycles. The molecule has 3 nitrogen and oxygen atoms in total. The van der Waals surface area contributed by atoms with E-state index in [1.54, 1.807) is 0 Å². The lowest BCUT2D eigenvalue weighted by Gasteiger charge is -2.21. The van der Waals surface area contributed by atoms with Gasteiger partial charge >= 0.3 is 0 Å². The number of nitrogens with one attached hydrogen (secondary N) is 1. The monoisotopic (exact) mass is 282 g/mol. The van der Waals surface area contributed by atoms with Crippen LogP contribution in [0.4, 0.5) is 0 Å². The van der Waals surface area contributed by atoms with Crippen LogP contribution in [0.2, 0.25) is 0 Å². The normalized spacial score (nSPS) is 19.5. The van der Waals surface area contributed by atoms with Crippen LogP contribution in [-0.4, -0.2) is 35.0 Å². The first kappa shape index (κ1) is 13.8. The molecule has 1 aromatic rings. The highest BCUT2D eigenvalue weighted by atomic mass is 32.2. The summed E-state index contributed by atoms with van der Waals surface area (Å²) in [7, 11) is 0. The van der Waals surface area contributed by atoms with E-state index in [9.17, 15) is 4.79 Å². The summed E-state index contributed by atoms with van der Waals surface area (Å²) in [6, 6.07) is 7.47. The summed E-state index contributed by atoms with van der Waals surface area (Å²) in [6.07, 6.45) is 0. The van der Waals surface area contributed by atoms with Crippen molar-refractivity contribution in [3.63, 3.8) is 0 Å². The van der Waals surface area contributed by atoms with Gasteiger partial charge in [-0.05, 0) is 17.7 Å². The molecule has 1 unspecified atom stereocenters. The molecule has 1 saturated heterocycles. The van der Waals surface area contributed by atoms with Gasteiger partial charge in [-0.25, -0.2) is 0 Å². The second-order valence-corrected chi connectivity index (χ2v) is 6.74. The van der Waals surface area contributed by atoms with Gasteiger partial charge in [-0.3, -0.25) is 4.79 Å². The number of nitrogens with two attached hydrogens (primary N) is 1. The minimum absolute atomic E-state index is 0.00902. The number of hydrogen-bond acceptors (Lipinski definition) is 4. The predicted octanol–water partition coefficient (Wildman–Crippen LogP) is 1.72. The Bertz CT molecular complexity index is 388.